The number of fused-ring (bicyclic) bond motifs is 12. The first-order valence-corrected chi connectivity index (χ1v) is 20.4. The molecule has 56 heavy (non-hydrogen) atoms. The second-order valence-corrected chi connectivity index (χ2v) is 16.9. The predicted molar refractivity (Wildman–Crippen MR) is 243 cm³/mol. The normalized spacial score (nSPS) is 13.3. The predicted octanol–water partition coefficient (Wildman–Crippen LogP) is 16.0. The van der Waals surface area contributed by atoms with E-state index in [1.807, 2.05) is 11.3 Å². The van der Waals surface area contributed by atoms with Crippen LogP contribution in [-0.2, 0) is 5.41 Å². The van der Waals surface area contributed by atoms with Crippen LogP contribution in [0.15, 0.2) is 182 Å². The Bertz CT molecular complexity index is 3380. The van der Waals surface area contributed by atoms with Crippen molar-refractivity contribution in [1.29, 1.82) is 0 Å². The van der Waals surface area contributed by atoms with Gasteiger partial charge in [-0.15, -0.1) is 11.3 Å². The Kier molecular flexibility index (Phi) is 6.66. The summed E-state index contributed by atoms with van der Waals surface area (Å²) < 4.78 is 2.71. The maximum Gasteiger partial charge on any atom is 0.0434 e. The van der Waals surface area contributed by atoms with Crippen LogP contribution in [0.25, 0.3) is 108 Å². The van der Waals surface area contributed by atoms with Gasteiger partial charge in [-0.1, -0.05) is 184 Å². The summed E-state index contributed by atoms with van der Waals surface area (Å²) in [4.78, 5) is 0. The molecule has 1 heterocycles. The molecule has 262 valence electrons. The number of benzene rings is 10. The minimum Gasteiger partial charge on any atom is -0.135 e. The van der Waals surface area contributed by atoms with Gasteiger partial charge in [0.15, 0.2) is 0 Å². The highest BCUT2D eigenvalue weighted by Gasteiger charge is 2.39. The molecule has 0 bridgehead atoms. The molecule has 0 unspecified atom stereocenters. The van der Waals surface area contributed by atoms with E-state index in [1.165, 1.54) is 119 Å². The van der Waals surface area contributed by atoms with E-state index in [0.29, 0.717) is 0 Å². The number of rotatable bonds is 3. The molecule has 0 nitrogen and oxygen atoms in total. The van der Waals surface area contributed by atoms with Crippen LogP contribution < -0.4 is 0 Å². The zero-order valence-corrected chi connectivity index (χ0v) is 32.0. The molecule has 1 aromatic heterocycles. The summed E-state index contributed by atoms with van der Waals surface area (Å²) in [5.74, 6) is 0. The molecule has 11 aromatic rings. The van der Waals surface area contributed by atoms with Crippen LogP contribution in [-0.4, -0.2) is 0 Å². The van der Waals surface area contributed by atoms with E-state index in [0.717, 1.165) is 0 Å². The van der Waals surface area contributed by atoms with Gasteiger partial charge in [0, 0.05) is 31.0 Å². The van der Waals surface area contributed by atoms with E-state index in [1.54, 1.807) is 0 Å². The summed E-state index contributed by atoms with van der Waals surface area (Å²) in [5.41, 5.74) is 13.1. The SMILES string of the molecule is CC1(C)c2ccccc2-c2c1c(-c1ccc(-c3c4ccccc4c(-c4ccccc4)c4ccccc34)c3ccccc13)cc1c2ccc2c3ccccc3sc12. The molecule has 0 atom stereocenters. The number of hydrogen-bond donors (Lipinski definition) is 0. The summed E-state index contributed by atoms with van der Waals surface area (Å²) in [6, 6.07) is 68.1. The molecule has 1 aliphatic carbocycles. The Morgan fingerprint density at radius 1 is 0.339 bits per heavy atom. The van der Waals surface area contributed by atoms with Gasteiger partial charge in [0.05, 0.1) is 0 Å². The first kappa shape index (κ1) is 31.8. The molecule has 10 aromatic carbocycles. The van der Waals surface area contributed by atoms with Crippen molar-refractivity contribution < 1.29 is 0 Å². The maximum absolute atomic E-state index is 2.54. The van der Waals surface area contributed by atoms with Crippen molar-refractivity contribution in [2.75, 3.05) is 0 Å². The molecule has 0 N–H and O–H groups in total. The topological polar surface area (TPSA) is 0 Å². The molecular weight excluding hydrogens is 693 g/mol. The third-order valence-corrected chi connectivity index (χ3v) is 13.9. The fourth-order valence-corrected chi connectivity index (χ4v) is 11.5. The first-order chi connectivity index (χ1) is 27.6. The molecule has 1 aliphatic rings. The molecule has 0 saturated heterocycles. The fourth-order valence-electron chi connectivity index (χ4n) is 10.3. The molecule has 0 spiro atoms. The number of thiophene rings is 1. The maximum atomic E-state index is 2.54. The zero-order chi connectivity index (χ0) is 37.1. The van der Waals surface area contributed by atoms with Crippen LogP contribution in [0.2, 0.25) is 0 Å². The summed E-state index contributed by atoms with van der Waals surface area (Å²) in [6.45, 7) is 4.85. The molecule has 12 rings (SSSR count). The highest BCUT2D eigenvalue weighted by Crippen LogP contribution is 2.57. The van der Waals surface area contributed by atoms with Crippen molar-refractivity contribution in [2.24, 2.45) is 0 Å². The van der Waals surface area contributed by atoms with Gasteiger partial charge in [0.1, 0.15) is 0 Å². The van der Waals surface area contributed by atoms with E-state index in [4.69, 9.17) is 0 Å². The molecule has 0 fully saturated rings. The molecule has 0 aliphatic heterocycles. The Labute approximate surface area is 329 Å². The molecule has 0 radical (unpaired) electrons. The highest BCUT2D eigenvalue weighted by molar-refractivity contribution is 7.26. The summed E-state index contributed by atoms with van der Waals surface area (Å²) in [7, 11) is 0. The van der Waals surface area contributed by atoms with Crippen molar-refractivity contribution in [2.45, 2.75) is 19.3 Å². The average molecular weight is 729 g/mol. The van der Waals surface area contributed by atoms with Gasteiger partial charge in [-0.2, -0.15) is 0 Å². The molecule has 0 saturated carbocycles. The minimum absolute atomic E-state index is 0.177. The third kappa shape index (κ3) is 4.29. The monoisotopic (exact) mass is 728 g/mol. The van der Waals surface area contributed by atoms with Crippen molar-refractivity contribution in [3.63, 3.8) is 0 Å². The van der Waals surface area contributed by atoms with E-state index in [9.17, 15) is 0 Å². The van der Waals surface area contributed by atoms with Crippen molar-refractivity contribution in [3.8, 4) is 44.5 Å². The van der Waals surface area contributed by atoms with Crippen LogP contribution in [0.3, 0.4) is 0 Å². The quantitative estimate of drug-likeness (QED) is 0.159. The van der Waals surface area contributed by atoms with Crippen molar-refractivity contribution in [1.82, 2.24) is 0 Å². The van der Waals surface area contributed by atoms with Crippen molar-refractivity contribution >= 4 is 74.6 Å². The molecule has 0 amide bonds. The fraction of sp³-hybridized carbons (Fsp3) is 0.0545. The Morgan fingerprint density at radius 3 is 1.57 bits per heavy atom. The Morgan fingerprint density at radius 2 is 0.857 bits per heavy atom. The van der Waals surface area contributed by atoms with Crippen LogP contribution in [0.1, 0.15) is 25.0 Å². The van der Waals surface area contributed by atoms with Gasteiger partial charge >= 0.3 is 0 Å². The smallest absolute Gasteiger partial charge is 0.0434 e. The van der Waals surface area contributed by atoms with Crippen molar-refractivity contribution in [3.05, 3.63) is 193 Å². The van der Waals surface area contributed by atoms with Gasteiger partial charge in [0.2, 0.25) is 0 Å². The van der Waals surface area contributed by atoms with E-state index >= 15 is 0 Å². The van der Waals surface area contributed by atoms with E-state index in [2.05, 4.69) is 196 Å². The lowest BCUT2D eigenvalue weighted by molar-refractivity contribution is 0.662. The van der Waals surface area contributed by atoms with Crippen LogP contribution in [0, 0.1) is 0 Å². The lowest BCUT2D eigenvalue weighted by atomic mass is 9.77. The summed E-state index contributed by atoms with van der Waals surface area (Å²) >= 11 is 1.93. The largest absolute Gasteiger partial charge is 0.135 e. The Hall–Kier alpha value is -6.54. The Balaban J connectivity index is 1.20. The lowest BCUT2D eigenvalue weighted by Gasteiger charge is -2.26. The summed E-state index contributed by atoms with van der Waals surface area (Å²) in [6.07, 6.45) is 0. The van der Waals surface area contributed by atoms with Gasteiger partial charge in [-0.3, -0.25) is 0 Å². The van der Waals surface area contributed by atoms with Gasteiger partial charge in [-0.05, 0) is 105 Å². The van der Waals surface area contributed by atoms with Crippen LogP contribution in [0.4, 0.5) is 0 Å². The van der Waals surface area contributed by atoms with E-state index in [-0.39, 0.29) is 5.41 Å². The lowest BCUT2D eigenvalue weighted by Crippen LogP contribution is -2.16. The van der Waals surface area contributed by atoms with Gasteiger partial charge in [0.25, 0.3) is 0 Å². The standard InChI is InChI=1S/C55H36S/c1-55(2)48-26-14-12-25-45(48)52-43-30-31-44-37-20-13-15-27-49(37)56-54(44)47(43)32-46(53(52)55)36-28-29-42(35-19-7-6-18-34(35)36)51-40-23-10-8-21-38(40)50(33-16-4-3-5-17-33)39-22-9-11-24-41(39)51/h3-32H,1-2H3. The highest BCUT2D eigenvalue weighted by atomic mass is 32.1. The van der Waals surface area contributed by atoms with E-state index < -0.39 is 0 Å². The zero-order valence-electron chi connectivity index (χ0n) is 31.2. The third-order valence-electron chi connectivity index (χ3n) is 12.6. The van der Waals surface area contributed by atoms with Gasteiger partial charge in [-0.25, -0.2) is 0 Å². The number of hydrogen-bond acceptors (Lipinski definition) is 1. The summed E-state index contributed by atoms with van der Waals surface area (Å²) in [5, 5.41) is 13.0. The second kappa shape index (κ2) is 11.7. The average Bonchev–Trinajstić information content (AvgIpc) is 3.75. The molecular formula is C55H36S. The first-order valence-electron chi connectivity index (χ1n) is 19.6. The molecule has 1 heteroatoms. The second-order valence-electron chi connectivity index (χ2n) is 15.9. The van der Waals surface area contributed by atoms with Crippen LogP contribution >= 0.6 is 11.3 Å². The van der Waals surface area contributed by atoms with Gasteiger partial charge < -0.3 is 0 Å². The minimum atomic E-state index is -0.177. The van der Waals surface area contributed by atoms with Crippen LogP contribution in [0.5, 0.6) is 0 Å².